The molecule has 2 aliphatic rings. The van der Waals surface area contributed by atoms with Gasteiger partial charge in [-0.1, -0.05) is 18.2 Å². The molecule has 62 heavy (non-hydrogen) atoms. The lowest BCUT2D eigenvalue weighted by molar-refractivity contribution is -0.197. The zero-order valence-electron chi connectivity index (χ0n) is 34.1. The number of carbonyl (C=O) groups excluding carboxylic acids is 7. The van der Waals surface area contributed by atoms with Crippen LogP contribution in [0.1, 0.15) is 63.4 Å². The summed E-state index contributed by atoms with van der Waals surface area (Å²) in [5.74, 6) is -2.08. The Morgan fingerprint density at radius 2 is 1.71 bits per heavy atom. The molecular formula is C44H43N7O10S. The molecule has 3 N–H and O–H groups in total. The van der Waals surface area contributed by atoms with Gasteiger partial charge >= 0.3 is 5.97 Å². The average molecular weight is 862 g/mol. The van der Waals surface area contributed by atoms with E-state index in [0.717, 1.165) is 27.9 Å². The van der Waals surface area contributed by atoms with E-state index in [1.165, 1.54) is 11.3 Å². The number of imide groups is 1. The van der Waals surface area contributed by atoms with E-state index in [-0.39, 0.29) is 50.8 Å². The van der Waals surface area contributed by atoms with Crippen LogP contribution in [-0.4, -0.2) is 84.1 Å². The lowest BCUT2D eigenvalue weighted by Gasteiger charge is -2.17. The fourth-order valence-corrected chi connectivity index (χ4v) is 7.98. The lowest BCUT2D eigenvalue weighted by atomic mass is 10.1. The van der Waals surface area contributed by atoms with Crippen LogP contribution in [0.3, 0.4) is 0 Å². The minimum absolute atomic E-state index is 0.0121. The number of hydrogen-bond donors (Lipinski definition) is 3. The first-order valence-electron chi connectivity index (χ1n) is 19.7. The highest BCUT2D eigenvalue weighted by atomic mass is 32.1. The summed E-state index contributed by atoms with van der Waals surface area (Å²) in [5.41, 5.74) is 4.72. The zero-order chi connectivity index (χ0) is 43.9. The van der Waals surface area contributed by atoms with Crippen molar-refractivity contribution in [3.8, 4) is 11.5 Å². The molecule has 0 spiro atoms. The molecule has 7 rings (SSSR count). The number of methoxy groups -OCH3 is 1. The van der Waals surface area contributed by atoms with Crippen LogP contribution in [0, 0.1) is 6.92 Å². The minimum atomic E-state index is -0.820. The third-order valence-electron chi connectivity index (χ3n) is 10.2. The Balaban J connectivity index is 0.870. The Morgan fingerprint density at radius 3 is 2.48 bits per heavy atom. The van der Waals surface area contributed by atoms with E-state index in [0.29, 0.717) is 62.4 Å². The van der Waals surface area contributed by atoms with Crippen molar-refractivity contribution in [3.63, 3.8) is 0 Å². The molecule has 320 valence electrons. The fourth-order valence-electron chi connectivity index (χ4n) is 7.02. The molecular weight excluding hydrogens is 819 g/mol. The van der Waals surface area contributed by atoms with Crippen LogP contribution in [0.5, 0.6) is 11.5 Å². The van der Waals surface area contributed by atoms with Gasteiger partial charge in [-0.3, -0.25) is 33.8 Å². The molecule has 0 radical (unpaired) electrons. The topological polar surface area (TPSA) is 207 Å². The van der Waals surface area contributed by atoms with Gasteiger partial charge in [-0.05, 0) is 72.3 Å². The van der Waals surface area contributed by atoms with Gasteiger partial charge in [0.1, 0.15) is 5.69 Å². The number of para-hydroxylation sites is 1. The van der Waals surface area contributed by atoms with Crippen LogP contribution >= 0.6 is 11.3 Å². The Morgan fingerprint density at radius 1 is 0.919 bits per heavy atom. The molecule has 1 unspecified atom stereocenters. The van der Waals surface area contributed by atoms with Crippen molar-refractivity contribution in [1.82, 2.24) is 14.9 Å². The highest BCUT2D eigenvalue weighted by molar-refractivity contribution is 7.20. The smallest absolute Gasteiger partial charge is 0.334 e. The van der Waals surface area contributed by atoms with Crippen LogP contribution in [-0.2, 0) is 42.3 Å². The second-order valence-corrected chi connectivity index (χ2v) is 15.7. The molecule has 1 fully saturated rings. The number of carbonyl (C=O) groups is 7. The summed E-state index contributed by atoms with van der Waals surface area (Å²) in [6, 6.07) is 19.6. The molecule has 0 aliphatic carbocycles. The van der Waals surface area contributed by atoms with Crippen molar-refractivity contribution in [1.29, 1.82) is 0 Å². The van der Waals surface area contributed by atoms with Gasteiger partial charge < -0.3 is 39.7 Å². The molecule has 2 aliphatic heterocycles. The van der Waals surface area contributed by atoms with E-state index in [1.54, 1.807) is 72.4 Å². The molecule has 6 amide bonds. The highest BCUT2D eigenvalue weighted by Gasteiger charge is 2.33. The van der Waals surface area contributed by atoms with E-state index < -0.39 is 29.6 Å². The van der Waals surface area contributed by atoms with E-state index in [9.17, 15) is 33.6 Å². The van der Waals surface area contributed by atoms with Gasteiger partial charge in [-0.15, -0.1) is 16.4 Å². The van der Waals surface area contributed by atoms with Crippen LogP contribution < -0.4 is 30.3 Å². The number of aryl methyl sites for hydroxylation is 2. The standard InChI is InChI=1S/C44H43N7O10S/c1-26-17-35(59-3)36(22-32(26)46-23-31-19-27-7-4-5-8-33(27)50(31)25-52)60-16-6-9-39(53)47-30-21-34(49(2)24-30)43(57)48-29-10-11-37-28(18-29)20-38(62-37)44(58)45-15-14-42(56)61-51-40(54)12-13-41(51)55/h4-5,7-8,10-11,17-18,20-25,31H,6,9,12-16,19H2,1-3H3,(H,45,58)(H,47,53)(H,48,57). The predicted octanol–water partition coefficient (Wildman–Crippen LogP) is 5.62. The van der Waals surface area contributed by atoms with Gasteiger partial charge in [-0.2, -0.15) is 0 Å². The number of hydroxylamine groups is 2. The number of ether oxygens (including phenoxy) is 2. The summed E-state index contributed by atoms with van der Waals surface area (Å²) in [6.45, 7) is 2.06. The number of aliphatic imine (C=N–C) groups is 1. The summed E-state index contributed by atoms with van der Waals surface area (Å²) >= 11 is 1.23. The maximum atomic E-state index is 13.3. The van der Waals surface area contributed by atoms with E-state index >= 15 is 0 Å². The predicted molar refractivity (Wildman–Crippen MR) is 231 cm³/mol. The number of aromatic nitrogens is 1. The Kier molecular flexibility index (Phi) is 13.1. The van der Waals surface area contributed by atoms with Crippen LogP contribution in [0.15, 0.2) is 77.9 Å². The van der Waals surface area contributed by atoms with E-state index in [1.807, 2.05) is 37.3 Å². The molecule has 4 heterocycles. The molecule has 0 bridgehead atoms. The van der Waals surface area contributed by atoms with Crippen molar-refractivity contribution in [2.45, 2.75) is 51.5 Å². The van der Waals surface area contributed by atoms with Crippen molar-refractivity contribution in [2.24, 2.45) is 12.0 Å². The summed E-state index contributed by atoms with van der Waals surface area (Å²) in [7, 11) is 3.24. The number of rotatable bonds is 17. The summed E-state index contributed by atoms with van der Waals surface area (Å²) < 4.78 is 14.0. The largest absolute Gasteiger partial charge is 0.493 e. The number of anilines is 3. The maximum absolute atomic E-state index is 13.3. The monoisotopic (exact) mass is 861 g/mol. The lowest BCUT2D eigenvalue weighted by Crippen LogP contribution is -2.33. The zero-order valence-corrected chi connectivity index (χ0v) is 34.9. The van der Waals surface area contributed by atoms with Gasteiger partial charge in [0, 0.05) is 73.8 Å². The number of nitrogens with zero attached hydrogens (tertiary/aromatic N) is 4. The Labute approximate surface area is 359 Å². The molecule has 2 aromatic heterocycles. The molecule has 1 saturated heterocycles. The van der Waals surface area contributed by atoms with Crippen molar-refractivity contribution < 1.29 is 47.9 Å². The number of hydrogen-bond acceptors (Lipinski definition) is 12. The van der Waals surface area contributed by atoms with Crippen LogP contribution in [0.4, 0.5) is 22.7 Å². The van der Waals surface area contributed by atoms with Gasteiger partial charge in [0.25, 0.3) is 23.6 Å². The summed E-state index contributed by atoms with van der Waals surface area (Å²) in [6.07, 6.45) is 5.17. The normalized spacial score (nSPS) is 14.6. The second kappa shape index (κ2) is 18.9. The second-order valence-electron chi connectivity index (χ2n) is 14.6. The first kappa shape index (κ1) is 42.8. The average Bonchev–Trinajstić information content (AvgIpc) is 4.03. The first-order chi connectivity index (χ1) is 29.9. The summed E-state index contributed by atoms with van der Waals surface area (Å²) in [5, 5.41) is 9.49. The SMILES string of the molecule is COc1cc(C)c(N=CC2Cc3ccccc3N2C=O)cc1OCCCC(=O)Nc1cc(C(=O)Nc2ccc3sc(C(=O)NCCC(=O)ON4C(=O)CCC4=O)cc3c2)n(C)c1. The van der Waals surface area contributed by atoms with Crippen LogP contribution in [0.25, 0.3) is 10.1 Å². The summed E-state index contributed by atoms with van der Waals surface area (Å²) in [4.78, 5) is 97.7. The van der Waals surface area contributed by atoms with E-state index in [4.69, 9.17) is 19.3 Å². The third kappa shape index (κ3) is 9.82. The Bertz CT molecular complexity index is 2600. The molecule has 0 saturated carbocycles. The number of amides is 6. The Hall–Kier alpha value is -7.34. The quantitative estimate of drug-likeness (QED) is 0.0455. The molecule has 5 aromatic rings. The third-order valence-corrected chi connectivity index (χ3v) is 11.3. The molecule has 3 aromatic carbocycles. The minimum Gasteiger partial charge on any atom is -0.493 e. The molecule has 18 heteroatoms. The van der Waals surface area contributed by atoms with Gasteiger partial charge in [-0.25, -0.2) is 4.79 Å². The van der Waals surface area contributed by atoms with Crippen molar-refractivity contribution >= 4 is 92.3 Å². The number of benzene rings is 3. The maximum Gasteiger partial charge on any atom is 0.334 e. The van der Waals surface area contributed by atoms with Crippen molar-refractivity contribution in [3.05, 3.63) is 94.6 Å². The van der Waals surface area contributed by atoms with Crippen LogP contribution in [0.2, 0.25) is 0 Å². The number of thiophene rings is 1. The number of nitrogens with one attached hydrogen (secondary N) is 3. The fraction of sp³-hybridized carbons (Fsp3) is 0.273. The number of fused-ring (bicyclic) bond motifs is 2. The van der Waals surface area contributed by atoms with Crippen molar-refractivity contribution in [2.75, 3.05) is 35.8 Å². The first-order valence-corrected chi connectivity index (χ1v) is 20.6. The van der Waals surface area contributed by atoms with E-state index in [2.05, 4.69) is 16.0 Å². The molecule has 17 nitrogen and oxygen atoms in total. The highest BCUT2D eigenvalue weighted by Crippen LogP contribution is 2.36. The van der Waals surface area contributed by atoms with Gasteiger partial charge in [0.05, 0.1) is 42.4 Å². The molecule has 1 atom stereocenters. The van der Waals surface area contributed by atoms with Gasteiger partial charge in [0.2, 0.25) is 12.3 Å². The van der Waals surface area contributed by atoms with Gasteiger partial charge in [0.15, 0.2) is 11.5 Å².